The van der Waals surface area contributed by atoms with Gasteiger partial charge in [-0.3, -0.25) is 0 Å². The van der Waals surface area contributed by atoms with E-state index in [1.54, 1.807) is 0 Å². The minimum Gasteiger partial charge on any atom is -0.247 e. The first-order chi connectivity index (χ1) is 21.8. The average molecular weight is 637 g/mol. The van der Waals surface area contributed by atoms with Crippen molar-refractivity contribution in [2.45, 2.75) is 143 Å². The van der Waals surface area contributed by atoms with Gasteiger partial charge in [-0.2, -0.15) is 0 Å². The largest absolute Gasteiger partial charge is 0.247 e. The maximum Gasteiger partial charge on any atom is 0.0757 e. The number of benzene rings is 4. The Balaban J connectivity index is 1.65. The molecule has 0 radical (unpaired) electrons. The smallest absolute Gasteiger partial charge is 0.0757 e. The second-order valence-electron chi connectivity index (χ2n) is 20.6. The van der Waals surface area contributed by atoms with E-state index >= 15 is 0 Å². The number of nitrogens with zero attached hydrogens (tertiary/aromatic N) is 2. The number of fused-ring (bicyclic) bond motifs is 2. The summed E-state index contributed by atoms with van der Waals surface area (Å²) < 4.78 is 0. The van der Waals surface area contributed by atoms with Gasteiger partial charge in [0.2, 0.25) is 0 Å². The van der Waals surface area contributed by atoms with Crippen LogP contribution in [-0.2, 0) is 32.5 Å². The highest BCUT2D eigenvalue weighted by molar-refractivity contribution is 6.12. The molecular weight excluding hydrogens is 581 g/mol. The number of anilines is 4. The van der Waals surface area contributed by atoms with Gasteiger partial charge in [0.05, 0.1) is 22.7 Å². The number of hydrazine groups is 1. The summed E-state index contributed by atoms with van der Waals surface area (Å²) in [5.41, 5.74) is 22.1. The van der Waals surface area contributed by atoms with E-state index < -0.39 is 0 Å². The van der Waals surface area contributed by atoms with Crippen LogP contribution in [0.25, 0.3) is 22.3 Å². The average Bonchev–Trinajstić information content (AvgIpc) is 2.95. The van der Waals surface area contributed by atoms with Crippen molar-refractivity contribution in [1.82, 2.24) is 0 Å². The highest BCUT2D eigenvalue weighted by atomic mass is 15.7. The summed E-state index contributed by atoms with van der Waals surface area (Å²) in [5.74, 6) is 0. The summed E-state index contributed by atoms with van der Waals surface area (Å²) in [6, 6.07) is 20.4. The number of hydrogen-bond acceptors (Lipinski definition) is 2. The standard InChI is InChI=1S/C46H56N2/c1-41(2,3)25-17-29-30-18-26(42(4,5)6)23-35-38(30)48-40-32(20-28(44(10,11)12)24-36(40)46(35,15)16)31-19-27(43(7,8)9)22-34-39(31)47(48)37(29)33(21-25)45(34,13)14/h17-24H,1-16H3. The van der Waals surface area contributed by atoms with E-state index in [0.717, 1.165) is 0 Å². The van der Waals surface area contributed by atoms with Gasteiger partial charge in [-0.15, -0.1) is 0 Å². The third kappa shape index (κ3) is 3.92. The molecule has 4 aromatic carbocycles. The molecule has 0 unspecified atom stereocenters. The molecule has 0 fully saturated rings. The lowest BCUT2D eigenvalue weighted by molar-refractivity contribution is 0.562. The lowest BCUT2D eigenvalue weighted by Crippen LogP contribution is -2.50. The molecule has 0 amide bonds. The Morgan fingerprint density at radius 2 is 0.521 bits per heavy atom. The van der Waals surface area contributed by atoms with Gasteiger partial charge in [0.15, 0.2) is 0 Å². The summed E-state index contributed by atoms with van der Waals surface area (Å²) in [6.45, 7) is 38.4. The van der Waals surface area contributed by atoms with Crippen LogP contribution in [0.1, 0.15) is 155 Å². The maximum absolute atomic E-state index is 2.67. The molecule has 0 aromatic heterocycles. The van der Waals surface area contributed by atoms with Crippen LogP contribution in [0.5, 0.6) is 0 Å². The third-order valence-electron chi connectivity index (χ3n) is 12.2. The molecule has 0 atom stereocenters. The number of rotatable bonds is 0. The van der Waals surface area contributed by atoms with E-state index in [1.807, 2.05) is 0 Å². The molecule has 4 heterocycles. The van der Waals surface area contributed by atoms with Crippen LogP contribution < -0.4 is 10.0 Å². The molecule has 2 nitrogen and oxygen atoms in total. The first-order valence-electron chi connectivity index (χ1n) is 18.2. The molecule has 0 N–H and O–H groups in total. The molecule has 0 aliphatic carbocycles. The Kier molecular flexibility index (Phi) is 5.81. The molecule has 0 saturated carbocycles. The van der Waals surface area contributed by atoms with Crippen LogP contribution in [0.4, 0.5) is 22.7 Å². The first kappa shape index (κ1) is 31.7. The third-order valence-corrected chi connectivity index (χ3v) is 12.2. The highest BCUT2D eigenvalue weighted by Gasteiger charge is 2.53. The number of hydrogen-bond donors (Lipinski definition) is 0. The van der Waals surface area contributed by atoms with Crippen LogP contribution in [0.15, 0.2) is 48.5 Å². The SMILES string of the molecule is CC(C)(C)c1cc2c3c(c1)C(C)(C)c1cc(C(C)(C)C)cc4c1N3N1c3c-2cc(C(C)(C)C)cc3C(C)(C)c2cc(C(C)(C)C)cc-4c21. The van der Waals surface area contributed by atoms with Crippen molar-refractivity contribution >= 4 is 22.7 Å². The fraction of sp³-hybridized carbons (Fsp3) is 0.478. The topological polar surface area (TPSA) is 6.48 Å². The summed E-state index contributed by atoms with van der Waals surface area (Å²) in [6.07, 6.45) is 0. The summed E-state index contributed by atoms with van der Waals surface area (Å²) >= 11 is 0. The normalized spacial score (nSPS) is 17.8. The van der Waals surface area contributed by atoms with E-state index in [1.165, 1.54) is 89.5 Å². The summed E-state index contributed by atoms with van der Waals surface area (Å²) in [7, 11) is 0. The summed E-state index contributed by atoms with van der Waals surface area (Å²) in [5, 5.41) is 5.33. The van der Waals surface area contributed by atoms with Gasteiger partial charge < -0.3 is 0 Å². The zero-order valence-electron chi connectivity index (χ0n) is 32.5. The second kappa shape index (κ2) is 8.79. The monoisotopic (exact) mass is 636 g/mol. The van der Waals surface area contributed by atoms with Crippen molar-refractivity contribution in [3.8, 4) is 22.3 Å². The van der Waals surface area contributed by atoms with Crippen molar-refractivity contribution in [1.29, 1.82) is 0 Å². The molecule has 4 aliphatic rings. The zero-order valence-corrected chi connectivity index (χ0v) is 32.5. The predicted octanol–water partition coefficient (Wildman–Crippen LogP) is 13.0. The summed E-state index contributed by atoms with van der Waals surface area (Å²) in [4.78, 5) is 0. The van der Waals surface area contributed by atoms with Gasteiger partial charge in [0.25, 0.3) is 0 Å². The fourth-order valence-corrected chi connectivity index (χ4v) is 8.82. The van der Waals surface area contributed by atoms with E-state index in [4.69, 9.17) is 0 Å². The van der Waals surface area contributed by atoms with Crippen LogP contribution in [-0.4, -0.2) is 0 Å². The van der Waals surface area contributed by atoms with Gasteiger partial charge in [-0.1, -0.05) is 135 Å². The second-order valence-corrected chi connectivity index (χ2v) is 20.6. The molecule has 0 spiro atoms. The molecule has 2 heteroatoms. The first-order valence-corrected chi connectivity index (χ1v) is 18.2. The Hall–Kier alpha value is -3.52. The highest BCUT2D eigenvalue weighted by Crippen LogP contribution is 2.69. The van der Waals surface area contributed by atoms with Crippen molar-refractivity contribution in [2.24, 2.45) is 0 Å². The van der Waals surface area contributed by atoms with Gasteiger partial charge in [0.1, 0.15) is 0 Å². The lowest BCUT2D eigenvalue weighted by Gasteiger charge is -2.58. The van der Waals surface area contributed by atoms with Crippen LogP contribution in [0.3, 0.4) is 0 Å². The quantitative estimate of drug-likeness (QED) is 0.189. The molecule has 0 saturated heterocycles. The molecule has 4 aliphatic heterocycles. The maximum atomic E-state index is 2.67. The van der Waals surface area contributed by atoms with Gasteiger partial charge in [-0.25, -0.2) is 10.0 Å². The molecule has 48 heavy (non-hydrogen) atoms. The molecule has 4 aromatic rings. The van der Waals surface area contributed by atoms with Crippen LogP contribution >= 0.6 is 0 Å². The van der Waals surface area contributed by atoms with Crippen molar-refractivity contribution in [2.75, 3.05) is 10.0 Å². The lowest BCUT2D eigenvalue weighted by atomic mass is 9.64. The van der Waals surface area contributed by atoms with Crippen LogP contribution in [0, 0.1) is 0 Å². The van der Waals surface area contributed by atoms with Crippen LogP contribution in [0.2, 0.25) is 0 Å². The fourth-order valence-electron chi connectivity index (χ4n) is 8.82. The Bertz CT molecular complexity index is 1810. The van der Waals surface area contributed by atoms with Gasteiger partial charge in [0, 0.05) is 33.1 Å². The van der Waals surface area contributed by atoms with E-state index in [-0.39, 0.29) is 32.5 Å². The Morgan fingerprint density at radius 1 is 0.333 bits per heavy atom. The Labute approximate surface area is 290 Å². The minimum absolute atomic E-state index is 0.0173. The van der Waals surface area contributed by atoms with E-state index in [9.17, 15) is 0 Å². The van der Waals surface area contributed by atoms with Gasteiger partial charge >= 0.3 is 0 Å². The van der Waals surface area contributed by atoms with E-state index in [0.29, 0.717) is 0 Å². The molecule has 8 rings (SSSR count). The minimum atomic E-state index is -0.188. The Morgan fingerprint density at radius 3 is 0.688 bits per heavy atom. The zero-order chi connectivity index (χ0) is 35.0. The molecule has 0 bridgehead atoms. The van der Waals surface area contributed by atoms with Gasteiger partial charge in [-0.05, 0) is 90.4 Å². The molecular formula is C46H56N2. The van der Waals surface area contributed by atoms with Crippen molar-refractivity contribution in [3.05, 3.63) is 93.0 Å². The van der Waals surface area contributed by atoms with E-state index in [2.05, 4.69) is 169 Å². The van der Waals surface area contributed by atoms with Crippen molar-refractivity contribution < 1.29 is 0 Å². The molecule has 250 valence electrons. The van der Waals surface area contributed by atoms with Crippen molar-refractivity contribution in [3.63, 3.8) is 0 Å². The predicted molar refractivity (Wildman–Crippen MR) is 207 cm³/mol.